The molecule has 0 aromatic heterocycles. The first-order valence-corrected chi connectivity index (χ1v) is 32.3. The molecule has 0 saturated carbocycles. The van der Waals surface area contributed by atoms with Crippen molar-refractivity contribution in [1.82, 2.24) is 0 Å². The molecule has 0 aliphatic rings. The molecular weight excluding hydrogens is 913 g/mol. The molecule has 0 bridgehead atoms. The van der Waals surface area contributed by atoms with Gasteiger partial charge < -0.3 is 14.2 Å². The van der Waals surface area contributed by atoms with E-state index in [0.29, 0.717) is 19.3 Å². The van der Waals surface area contributed by atoms with Crippen molar-refractivity contribution in [1.29, 1.82) is 0 Å². The Balaban J connectivity index is 4.35. The van der Waals surface area contributed by atoms with E-state index in [-0.39, 0.29) is 31.1 Å². The monoisotopic (exact) mass is 1030 g/mol. The third-order valence-electron chi connectivity index (χ3n) is 14.3. The van der Waals surface area contributed by atoms with E-state index in [1.165, 1.54) is 199 Å². The van der Waals surface area contributed by atoms with Crippen LogP contribution in [-0.2, 0) is 28.6 Å². The molecule has 1 unspecified atom stereocenters. The van der Waals surface area contributed by atoms with Crippen molar-refractivity contribution in [2.24, 2.45) is 0 Å². The van der Waals surface area contributed by atoms with Crippen LogP contribution in [0.2, 0.25) is 0 Å². The summed E-state index contributed by atoms with van der Waals surface area (Å²) in [6, 6.07) is 0. The molecule has 0 aromatic carbocycles. The van der Waals surface area contributed by atoms with Gasteiger partial charge in [-0.1, -0.05) is 293 Å². The topological polar surface area (TPSA) is 78.9 Å². The summed E-state index contributed by atoms with van der Waals surface area (Å²) in [4.78, 5) is 38.3. The highest BCUT2D eigenvalue weighted by Gasteiger charge is 2.19. The first-order chi connectivity index (χ1) is 36.5. The summed E-state index contributed by atoms with van der Waals surface area (Å²) < 4.78 is 16.9. The van der Waals surface area contributed by atoms with E-state index in [4.69, 9.17) is 14.2 Å². The zero-order valence-electron chi connectivity index (χ0n) is 49.4. The molecule has 0 aliphatic heterocycles. The van der Waals surface area contributed by atoms with Gasteiger partial charge in [0, 0.05) is 19.3 Å². The number of carbonyl (C=O) groups excluding carboxylic acids is 3. The number of hydrogen-bond donors (Lipinski definition) is 0. The zero-order valence-corrected chi connectivity index (χ0v) is 49.4. The largest absolute Gasteiger partial charge is 0.462 e. The molecule has 0 aliphatic carbocycles. The van der Waals surface area contributed by atoms with E-state index >= 15 is 0 Å². The maximum absolute atomic E-state index is 12.9. The highest BCUT2D eigenvalue weighted by atomic mass is 16.6. The van der Waals surface area contributed by atoms with E-state index in [1.54, 1.807) is 0 Å². The molecule has 0 aromatic rings. The van der Waals surface area contributed by atoms with E-state index in [1.807, 2.05) is 0 Å². The Morgan fingerprint density at radius 2 is 0.527 bits per heavy atom. The minimum atomic E-state index is -0.780. The third kappa shape index (κ3) is 60.0. The van der Waals surface area contributed by atoms with Gasteiger partial charge in [0.05, 0.1) is 0 Å². The van der Waals surface area contributed by atoms with Gasteiger partial charge in [-0.25, -0.2) is 0 Å². The van der Waals surface area contributed by atoms with Gasteiger partial charge in [0.25, 0.3) is 0 Å². The lowest BCUT2D eigenvalue weighted by atomic mass is 10.0. The number of hydrogen-bond acceptors (Lipinski definition) is 6. The fourth-order valence-electron chi connectivity index (χ4n) is 9.43. The number of unbranched alkanes of at least 4 members (excludes halogenated alkanes) is 38. The van der Waals surface area contributed by atoms with Gasteiger partial charge in [0.15, 0.2) is 6.10 Å². The molecule has 0 amide bonds. The summed E-state index contributed by atoms with van der Waals surface area (Å²) in [5, 5.41) is 0. The van der Waals surface area contributed by atoms with Crippen molar-refractivity contribution in [3.8, 4) is 0 Å². The van der Waals surface area contributed by atoms with Crippen molar-refractivity contribution in [3.05, 3.63) is 60.8 Å². The van der Waals surface area contributed by atoms with Gasteiger partial charge in [-0.3, -0.25) is 14.4 Å². The molecule has 430 valence electrons. The summed E-state index contributed by atoms with van der Waals surface area (Å²) >= 11 is 0. The minimum Gasteiger partial charge on any atom is -0.462 e. The van der Waals surface area contributed by atoms with E-state index in [0.717, 1.165) is 96.3 Å². The molecule has 74 heavy (non-hydrogen) atoms. The standard InChI is InChI=1S/C68H122O6/c1-4-7-10-13-16-19-22-25-28-30-32-34-36-37-40-43-46-49-52-55-58-61-67(70)73-64-65(63-72-66(69)60-57-54-51-48-45-42-39-27-24-21-18-15-12-9-6-3)74-68(71)62-59-56-53-50-47-44-41-38-35-33-31-29-26-23-20-17-14-11-8-5-2/h7,10,16,19,25,27-28,32,34,39,65H,4-6,8-9,11-15,17-18,20-24,26,29-31,33,35-38,40-64H2,1-3H3/b10-7-,19-16-,28-25-,34-32-,39-27-. The van der Waals surface area contributed by atoms with Gasteiger partial charge in [0.2, 0.25) is 0 Å². The van der Waals surface area contributed by atoms with E-state index < -0.39 is 6.10 Å². The van der Waals surface area contributed by atoms with Gasteiger partial charge in [-0.2, -0.15) is 0 Å². The second-order valence-electron chi connectivity index (χ2n) is 21.6. The van der Waals surface area contributed by atoms with Crippen LogP contribution in [0.1, 0.15) is 335 Å². The van der Waals surface area contributed by atoms with Gasteiger partial charge in [-0.05, 0) is 83.5 Å². The maximum atomic E-state index is 12.9. The smallest absolute Gasteiger partial charge is 0.306 e. The van der Waals surface area contributed by atoms with Crippen LogP contribution in [0.5, 0.6) is 0 Å². The minimum absolute atomic E-state index is 0.0778. The van der Waals surface area contributed by atoms with Crippen molar-refractivity contribution >= 4 is 17.9 Å². The Labute approximate surface area is 460 Å². The molecule has 0 radical (unpaired) electrons. The summed E-state index contributed by atoms with van der Waals surface area (Å²) in [6.45, 7) is 6.56. The Morgan fingerprint density at radius 1 is 0.284 bits per heavy atom. The average molecular weight is 1040 g/mol. The van der Waals surface area contributed by atoms with Crippen molar-refractivity contribution < 1.29 is 28.6 Å². The number of ether oxygens (including phenoxy) is 3. The second-order valence-corrected chi connectivity index (χ2v) is 21.6. The first kappa shape index (κ1) is 71.1. The number of carbonyl (C=O) groups is 3. The van der Waals surface area contributed by atoms with Crippen LogP contribution in [0.15, 0.2) is 60.8 Å². The van der Waals surface area contributed by atoms with Crippen LogP contribution in [0, 0.1) is 0 Å². The zero-order chi connectivity index (χ0) is 53.6. The molecule has 6 heteroatoms. The van der Waals surface area contributed by atoms with Gasteiger partial charge >= 0.3 is 17.9 Å². The lowest BCUT2D eigenvalue weighted by Gasteiger charge is -2.18. The molecule has 0 spiro atoms. The highest BCUT2D eigenvalue weighted by molar-refractivity contribution is 5.71. The number of allylic oxidation sites excluding steroid dienone is 10. The number of rotatable bonds is 59. The molecule has 0 rings (SSSR count). The molecule has 0 saturated heterocycles. The summed E-state index contributed by atoms with van der Waals surface area (Å²) in [5.74, 6) is -0.873. The van der Waals surface area contributed by atoms with Crippen LogP contribution < -0.4 is 0 Å². The van der Waals surface area contributed by atoms with E-state index in [2.05, 4.69) is 81.5 Å². The Hall–Kier alpha value is -2.89. The maximum Gasteiger partial charge on any atom is 0.306 e. The fraction of sp³-hybridized carbons (Fsp3) is 0.809. The normalized spacial score (nSPS) is 12.4. The van der Waals surface area contributed by atoms with Crippen LogP contribution in [0.25, 0.3) is 0 Å². The predicted octanol–water partition coefficient (Wildman–Crippen LogP) is 21.9. The van der Waals surface area contributed by atoms with Crippen LogP contribution in [0.4, 0.5) is 0 Å². The summed E-state index contributed by atoms with van der Waals surface area (Å²) in [6.07, 6.45) is 79.4. The summed E-state index contributed by atoms with van der Waals surface area (Å²) in [5.41, 5.74) is 0. The van der Waals surface area contributed by atoms with Crippen LogP contribution in [0.3, 0.4) is 0 Å². The predicted molar refractivity (Wildman–Crippen MR) is 321 cm³/mol. The molecule has 0 N–H and O–H groups in total. The van der Waals surface area contributed by atoms with Gasteiger partial charge in [-0.15, -0.1) is 0 Å². The van der Waals surface area contributed by atoms with E-state index in [9.17, 15) is 14.4 Å². The lowest BCUT2D eigenvalue weighted by Crippen LogP contribution is -2.30. The van der Waals surface area contributed by atoms with Crippen LogP contribution >= 0.6 is 0 Å². The van der Waals surface area contributed by atoms with Crippen molar-refractivity contribution in [2.45, 2.75) is 341 Å². The molecular formula is C68H122O6. The SMILES string of the molecule is CC/C=C\C/C=C\C/C=C\C/C=C\CCCCCCCCCCC(=O)OCC(COC(=O)CCCCCCC/C=C\CCCCCCCC)OC(=O)CCCCCCCCCCCCCCCCCCCCCC. The third-order valence-corrected chi connectivity index (χ3v) is 14.3. The molecule has 1 atom stereocenters. The van der Waals surface area contributed by atoms with Gasteiger partial charge in [0.1, 0.15) is 13.2 Å². The quantitative estimate of drug-likeness (QED) is 0.0261. The Bertz CT molecular complexity index is 1330. The second kappa shape index (κ2) is 62.6. The molecule has 6 nitrogen and oxygen atoms in total. The lowest BCUT2D eigenvalue weighted by molar-refractivity contribution is -0.167. The first-order valence-electron chi connectivity index (χ1n) is 32.3. The molecule has 0 heterocycles. The average Bonchev–Trinajstić information content (AvgIpc) is 3.40. The van der Waals surface area contributed by atoms with Crippen molar-refractivity contribution in [2.75, 3.05) is 13.2 Å². The molecule has 0 fully saturated rings. The Kier molecular flexibility index (Phi) is 60.2. The highest BCUT2D eigenvalue weighted by Crippen LogP contribution is 2.17. The number of esters is 3. The van der Waals surface area contributed by atoms with Crippen molar-refractivity contribution in [3.63, 3.8) is 0 Å². The Morgan fingerprint density at radius 3 is 0.838 bits per heavy atom. The fourth-order valence-corrected chi connectivity index (χ4v) is 9.43. The summed E-state index contributed by atoms with van der Waals surface area (Å²) in [7, 11) is 0. The van der Waals surface area contributed by atoms with Crippen LogP contribution in [-0.4, -0.2) is 37.2 Å².